The average molecular weight is 901 g/mol. The summed E-state index contributed by atoms with van der Waals surface area (Å²) in [6.45, 7) is 25.9. The minimum Gasteiger partial charge on any atom is -0.508 e. The van der Waals surface area contributed by atoms with E-state index in [1.54, 1.807) is 79.9 Å². The molecule has 5 N–H and O–H groups in total. The zero-order valence-electron chi connectivity index (χ0n) is 42.4. The highest BCUT2D eigenvalue weighted by Gasteiger charge is 2.44. The fourth-order valence-corrected chi connectivity index (χ4v) is 8.43. The second-order valence-electron chi connectivity index (χ2n) is 19.7. The zero-order valence-corrected chi connectivity index (χ0v) is 42.4. The first-order valence-corrected chi connectivity index (χ1v) is 23.0. The third kappa shape index (κ3) is 15.2. The molecule has 0 bridgehead atoms. The molecule has 0 spiro atoms. The van der Waals surface area contributed by atoms with E-state index in [1.807, 2.05) is 55.4 Å². The predicted octanol–water partition coefficient (Wildman–Crippen LogP) is 3.51. The van der Waals surface area contributed by atoms with E-state index in [2.05, 4.69) is 21.3 Å². The van der Waals surface area contributed by atoms with E-state index < -0.39 is 83.7 Å². The van der Waals surface area contributed by atoms with Crippen molar-refractivity contribution in [2.24, 2.45) is 41.4 Å². The first-order chi connectivity index (χ1) is 29.5. The number of carbonyl (C=O) groups excluding carboxylic acids is 7. The lowest BCUT2D eigenvalue weighted by Gasteiger charge is -2.41. The Hall–Kier alpha value is -4.73. The molecule has 0 unspecified atom stereocenters. The van der Waals surface area contributed by atoms with Gasteiger partial charge >= 0.3 is 0 Å². The molecule has 7 atom stereocenters. The molecule has 0 aliphatic rings. The minimum atomic E-state index is -1.05. The number of nitrogens with zero attached hydrogens (tertiary/aromatic N) is 4. The Labute approximate surface area is 384 Å². The standard InChI is InChI=1S/C48H84N8O8/c1-26(2)35(49-15)42(58)51-36(27(3)4)46(62)55(18)40(31(11)12)48(64)56(19)41(32(13)14)47(63)54(17)39(30(9)10)44(60)52-37(28(5)6)45(61)53(16)38(29(7)8)43(59)50-25-24-33-20-22-34(57)23-21-33/h20-23,26-32,35-41,49,57H,24-25H2,1-19H3,(H,50,59)(H,51,58)(H,52,60)/t35-,36-,37-,38-,39-,40-,41-/m0/s1. The Bertz CT molecular complexity index is 1710. The van der Waals surface area contributed by atoms with E-state index in [0.29, 0.717) is 13.0 Å². The van der Waals surface area contributed by atoms with Gasteiger partial charge in [-0.25, -0.2) is 0 Å². The van der Waals surface area contributed by atoms with Crippen molar-refractivity contribution in [2.75, 3.05) is 41.8 Å². The van der Waals surface area contributed by atoms with Crippen molar-refractivity contribution >= 4 is 41.4 Å². The Balaban J connectivity index is 3.39. The normalized spacial score (nSPS) is 15.1. The first kappa shape index (κ1) is 57.3. The number of hydrogen-bond donors (Lipinski definition) is 5. The summed E-state index contributed by atoms with van der Waals surface area (Å²) in [5, 5.41) is 21.3. The van der Waals surface area contributed by atoms with Crippen LogP contribution >= 0.6 is 0 Å². The summed E-state index contributed by atoms with van der Waals surface area (Å²) in [4.78, 5) is 104. The van der Waals surface area contributed by atoms with E-state index in [4.69, 9.17) is 0 Å². The zero-order chi connectivity index (χ0) is 49.7. The van der Waals surface area contributed by atoms with Gasteiger partial charge in [0.15, 0.2) is 0 Å². The van der Waals surface area contributed by atoms with Crippen LogP contribution in [-0.2, 0) is 40.0 Å². The maximum atomic E-state index is 14.6. The van der Waals surface area contributed by atoms with Crippen LogP contribution in [0, 0.1) is 41.4 Å². The van der Waals surface area contributed by atoms with E-state index in [0.717, 1.165) is 5.56 Å². The lowest BCUT2D eigenvalue weighted by Crippen LogP contribution is -2.63. The molecule has 0 aliphatic carbocycles. The van der Waals surface area contributed by atoms with Crippen LogP contribution < -0.4 is 21.3 Å². The van der Waals surface area contributed by atoms with Crippen LogP contribution in [0.5, 0.6) is 5.75 Å². The summed E-state index contributed by atoms with van der Waals surface area (Å²) < 4.78 is 0. The molecule has 7 amide bonds. The Morgan fingerprint density at radius 3 is 1.14 bits per heavy atom. The maximum absolute atomic E-state index is 14.6. The smallest absolute Gasteiger partial charge is 0.246 e. The molecule has 16 heteroatoms. The predicted molar refractivity (Wildman–Crippen MR) is 252 cm³/mol. The lowest BCUT2D eigenvalue weighted by atomic mass is 9.93. The van der Waals surface area contributed by atoms with Crippen molar-refractivity contribution in [3.05, 3.63) is 29.8 Å². The lowest BCUT2D eigenvalue weighted by molar-refractivity contribution is -0.155. The monoisotopic (exact) mass is 901 g/mol. The van der Waals surface area contributed by atoms with Gasteiger partial charge in [0.1, 0.15) is 42.0 Å². The summed E-state index contributed by atoms with van der Waals surface area (Å²) in [6, 6.07) is 0.317. The van der Waals surface area contributed by atoms with Gasteiger partial charge in [0, 0.05) is 34.7 Å². The highest BCUT2D eigenvalue weighted by atomic mass is 16.3. The molecule has 364 valence electrons. The third-order valence-electron chi connectivity index (χ3n) is 12.0. The summed E-state index contributed by atoms with van der Waals surface area (Å²) in [5.74, 6) is -5.13. The minimum absolute atomic E-state index is 0.0348. The molecule has 0 saturated carbocycles. The number of nitrogens with one attached hydrogen (secondary N) is 4. The van der Waals surface area contributed by atoms with Crippen LogP contribution in [0.1, 0.15) is 102 Å². The van der Waals surface area contributed by atoms with E-state index >= 15 is 0 Å². The van der Waals surface area contributed by atoms with Gasteiger partial charge < -0.3 is 46.0 Å². The number of amides is 7. The highest BCUT2D eigenvalue weighted by molar-refractivity contribution is 5.97. The first-order valence-electron chi connectivity index (χ1n) is 23.0. The molecule has 0 fully saturated rings. The largest absolute Gasteiger partial charge is 0.508 e. The average Bonchev–Trinajstić information content (AvgIpc) is 3.18. The van der Waals surface area contributed by atoms with Crippen LogP contribution in [0.2, 0.25) is 0 Å². The van der Waals surface area contributed by atoms with Crippen molar-refractivity contribution in [1.82, 2.24) is 40.9 Å². The maximum Gasteiger partial charge on any atom is 0.246 e. The molecule has 0 radical (unpaired) electrons. The molecular formula is C48H84N8O8. The number of phenolic OH excluding ortho intramolecular Hbond substituents is 1. The third-order valence-corrected chi connectivity index (χ3v) is 12.0. The van der Waals surface area contributed by atoms with E-state index in [1.165, 1.54) is 40.7 Å². The second kappa shape index (κ2) is 25.7. The number of likely N-dealkylation sites (N-methyl/N-ethyl adjacent to an activating group) is 5. The molecule has 0 heterocycles. The molecule has 0 aliphatic heterocycles. The number of aromatic hydroxyl groups is 1. The second-order valence-corrected chi connectivity index (χ2v) is 19.7. The van der Waals surface area contributed by atoms with Crippen LogP contribution in [0.25, 0.3) is 0 Å². The Morgan fingerprint density at radius 2 is 0.781 bits per heavy atom. The number of rotatable bonds is 24. The topological polar surface area (TPSA) is 201 Å². The van der Waals surface area contributed by atoms with E-state index in [-0.39, 0.29) is 47.2 Å². The number of phenols is 1. The molecular weight excluding hydrogens is 817 g/mol. The van der Waals surface area contributed by atoms with Crippen molar-refractivity contribution in [3.63, 3.8) is 0 Å². The van der Waals surface area contributed by atoms with Crippen LogP contribution in [0.3, 0.4) is 0 Å². The summed E-state index contributed by atoms with van der Waals surface area (Å²) >= 11 is 0. The van der Waals surface area contributed by atoms with Gasteiger partial charge in [-0.05, 0) is 72.6 Å². The number of hydrogen-bond acceptors (Lipinski definition) is 9. The van der Waals surface area contributed by atoms with Crippen molar-refractivity contribution in [1.29, 1.82) is 0 Å². The molecule has 1 aromatic carbocycles. The molecule has 1 rings (SSSR count). The van der Waals surface area contributed by atoms with E-state index in [9.17, 15) is 38.7 Å². The van der Waals surface area contributed by atoms with Crippen LogP contribution in [0.15, 0.2) is 24.3 Å². The molecule has 0 aromatic heterocycles. The van der Waals surface area contributed by atoms with Gasteiger partial charge in [-0.2, -0.15) is 0 Å². The fraction of sp³-hybridized carbons (Fsp3) is 0.729. The van der Waals surface area contributed by atoms with Crippen LogP contribution in [0.4, 0.5) is 0 Å². The van der Waals surface area contributed by atoms with Crippen molar-refractivity contribution < 1.29 is 38.7 Å². The summed E-state index contributed by atoms with van der Waals surface area (Å²) in [7, 11) is 7.80. The SMILES string of the molecule is CN[C@H](C(=O)N[C@H](C(=O)N(C)[C@H](C(=O)N(C)[C@H](C(=O)N(C)[C@H](C(=O)N[C@H](C(=O)N(C)[C@H](C(=O)NCCc1ccc(O)cc1)C(C)C)C(C)C)C(C)C)C(C)C)C(C)C)C(C)C)C(C)C. The molecule has 1 aromatic rings. The van der Waals surface area contributed by atoms with Gasteiger partial charge in [-0.3, -0.25) is 33.6 Å². The molecule has 64 heavy (non-hydrogen) atoms. The fourth-order valence-electron chi connectivity index (χ4n) is 8.43. The number of carbonyl (C=O) groups is 7. The van der Waals surface area contributed by atoms with Gasteiger partial charge in [0.25, 0.3) is 0 Å². The molecule has 0 saturated heterocycles. The summed E-state index contributed by atoms with van der Waals surface area (Å²) in [5.41, 5.74) is 0.926. The van der Waals surface area contributed by atoms with Gasteiger partial charge in [-0.15, -0.1) is 0 Å². The van der Waals surface area contributed by atoms with Crippen LogP contribution in [-0.4, -0.2) is 150 Å². The highest BCUT2D eigenvalue weighted by Crippen LogP contribution is 2.23. The Kier molecular flexibility index (Phi) is 23.0. The quantitative estimate of drug-likeness (QED) is 0.103. The molecule has 16 nitrogen and oxygen atoms in total. The number of benzene rings is 1. The van der Waals surface area contributed by atoms with Crippen molar-refractivity contribution in [3.8, 4) is 5.75 Å². The van der Waals surface area contributed by atoms with Gasteiger partial charge in [0.2, 0.25) is 41.4 Å². The van der Waals surface area contributed by atoms with Crippen molar-refractivity contribution in [2.45, 2.75) is 146 Å². The van der Waals surface area contributed by atoms with Gasteiger partial charge in [0.05, 0.1) is 6.04 Å². The van der Waals surface area contributed by atoms with Gasteiger partial charge in [-0.1, -0.05) is 109 Å². The Morgan fingerprint density at radius 1 is 0.453 bits per heavy atom. The summed E-state index contributed by atoms with van der Waals surface area (Å²) in [6.07, 6.45) is 0.523.